The number of aryl methyl sites for hydroxylation is 1. The van der Waals surface area contributed by atoms with Crippen LogP contribution in [0.3, 0.4) is 0 Å². The third-order valence-corrected chi connectivity index (χ3v) is 4.45. The highest BCUT2D eigenvalue weighted by molar-refractivity contribution is 7.99. The van der Waals surface area contributed by atoms with Crippen LogP contribution in [-0.4, -0.2) is 11.9 Å². The molecule has 0 saturated heterocycles. The minimum atomic E-state index is -4.64. The largest absolute Gasteiger partial charge is 0.417 e. The van der Waals surface area contributed by atoms with E-state index in [1.165, 1.54) is 13.0 Å². The number of carbonyl (C=O) groups excluding carboxylic acids is 1. The van der Waals surface area contributed by atoms with Gasteiger partial charge < -0.3 is 11.5 Å². The second-order valence-electron chi connectivity index (χ2n) is 5.06. The highest BCUT2D eigenvalue weighted by Crippen LogP contribution is 2.41. The molecule has 2 aromatic carbocycles. The number of rotatable bonds is 3. The van der Waals surface area contributed by atoms with Gasteiger partial charge in [0.25, 0.3) is 5.91 Å². The molecule has 2 rings (SSSR count). The first-order valence-electron chi connectivity index (χ1n) is 6.87. The molecular weight excluding hydrogens is 375 g/mol. The van der Waals surface area contributed by atoms with E-state index in [1.54, 1.807) is 24.3 Å². The van der Waals surface area contributed by atoms with E-state index in [4.69, 9.17) is 23.1 Å². The Morgan fingerprint density at radius 3 is 2.28 bits per heavy atom. The minimum absolute atomic E-state index is 0.0337. The fraction of sp³-hybridized carbons (Fsp3) is 0.125. The molecule has 0 aliphatic rings. The van der Waals surface area contributed by atoms with Gasteiger partial charge in [0.2, 0.25) is 0 Å². The number of guanidine groups is 1. The van der Waals surface area contributed by atoms with E-state index in [1.807, 2.05) is 0 Å². The van der Waals surface area contributed by atoms with Gasteiger partial charge >= 0.3 is 6.18 Å². The molecule has 4 nitrogen and oxygen atoms in total. The maximum Gasteiger partial charge on any atom is 0.417 e. The Morgan fingerprint density at radius 2 is 1.76 bits per heavy atom. The van der Waals surface area contributed by atoms with E-state index < -0.39 is 23.6 Å². The molecule has 0 heterocycles. The Labute approximate surface area is 151 Å². The number of carbonyl (C=O) groups is 1. The van der Waals surface area contributed by atoms with Crippen molar-refractivity contribution in [3.63, 3.8) is 0 Å². The lowest BCUT2D eigenvalue weighted by atomic mass is 10.0. The smallest absolute Gasteiger partial charge is 0.370 e. The van der Waals surface area contributed by atoms with Gasteiger partial charge in [-0.05, 0) is 48.9 Å². The average molecular weight is 388 g/mol. The lowest BCUT2D eigenvalue weighted by Gasteiger charge is -2.15. The van der Waals surface area contributed by atoms with Crippen LogP contribution in [0.15, 0.2) is 51.2 Å². The van der Waals surface area contributed by atoms with Gasteiger partial charge in [-0.15, -0.1) is 0 Å². The van der Waals surface area contributed by atoms with Crippen LogP contribution in [0.4, 0.5) is 13.2 Å². The molecule has 9 heteroatoms. The molecule has 0 radical (unpaired) electrons. The molecule has 1 amide bonds. The Hall–Kier alpha value is -2.19. The fourth-order valence-corrected chi connectivity index (χ4v) is 3.20. The van der Waals surface area contributed by atoms with Crippen molar-refractivity contribution in [2.24, 2.45) is 16.5 Å². The lowest BCUT2D eigenvalue weighted by molar-refractivity contribution is -0.139. The van der Waals surface area contributed by atoms with Gasteiger partial charge in [-0.2, -0.15) is 18.2 Å². The molecule has 0 fully saturated rings. The molecule has 25 heavy (non-hydrogen) atoms. The summed E-state index contributed by atoms with van der Waals surface area (Å²) in [6.07, 6.45) is -4.64. The second-order valence-corrected chi connectivity index (χ2v) is 6.61. The molecule has 0 aliphatic heterocycles. The molecule has 0 spiro atoms. The zero-order valence-corrected chi connectivity index (χ0v) is 14.5. The van der Waals surface area contributed by atoms with Gasteiger partial charge in [0.05, 0.1) is 5.56 Å². The van der Waals surface area contributed by atoms with E-state index >= 15 is 0 Å². The maximum absolute atomic E-state index is 13.4. The summed E-state index contributed by atoms with van der Waals surface area (Å²) in [5.41, 5.74) is 9.43. The zero-order valence-electron chi connectivity index (χ0n) is 12.9. The number of alkyl halides is 3. The van der Waals surface area contributed by atoms with Crippen molar-refractivity contribution in [1.29, 1.82) is 0 Å². The number of halogens is 4. The Bertz CT molecular complexity index is 832. The van der Waals surface area contributed by atoms with Crippen molar-refractivity contribution >= 4 is 35.2 Å². The first-order chi connectivity index (χ1) is 11.6. The van der Waals surface area contributed by atoms with Crippen molar-refractivity contribution in [1.82, 2.24) is 0 Å². The molecular formula is C16H13ClF3N3OS. The summed E-state index contributed by atoms with van der Waals surface area (Å²) in [6.45, 7) is 1.52. The van der Waals surface area contributed by atoms with Crippen molar-refractivity contribution in [3.05, 3.63) is 58.1 Å². The maximum atomic E-state index is 13.4. The predicted octanol–water partition coefficient (Wildman–Crippen LogP) is 4.23. The Balaban J connectivity index is 2.53. The normalized spacial score (nSPS) is 11.2. The molecule has 4 N–H and O–H groups in total. The van der Waals surface area contributed by atoms with Crippen LogP contribution in [0.2, 0.25) is 5.02 Å². The van der Waals surface area contributed by atoms with Crippen molar-refractivity contribution in [3.8, 4) is 0 Å². The molecule has 0 saturated carbocycles. The van der Waals surface area contributed by atoms with Crippen LogP contribution in [0.5, 0.6) is 0 Å². The third kappa shape index (κ3) is 4.90. The quantitative estimate of drug-likeness (QED) is 0.610. The minimum Gasteiger partial charge on any atom is -0.370 e. The monoisotopic (exact) mass is 387 g/mol. The summed E-state index contributed by atoms with van der Waals surface area (Å²) < 4.78 is 40.3. The molecule has 0 atom stereocenters. The van der Waals surface area contributed by atoms with Gasteiger partial charge in [-0.1, -0.05) is 23.4 Å². The number of aliphatic imine (C=N–C) groups is 1. The highest BCUT2D eigenvalue weighted by Gasteiger charge is 2.35. The van der Waals surface area contributed by atoms with Gasteiger partial charge in [0.1, 0.15) is 0 Å². The van der Waals surface area contributed by atoms with Gasteiger partial charge in [0.15, 0.2) is 5.96 Å². The van der Waals surface area contributed by atoms with Crippen LogP contribution < -0.4 is 11.5 Å². The van der Waals surface area contributed by atoms with E-state index in [9.17, 15) is 18.0 Å². The number of nitrogens with two attached hydrogens (primary N) is 2. The molecule has 0 aliphatic carbocycles. The SMILES string of the molecule is Cc1cc(Sc2ccc(Cl)cc2)c(C(F)(F)F)cc1C(=O)N=C(N)N. The summed E-state index contributed by atoms with van der Waals surface area (Å²) in [5, 5.41) is 0.481. The van der Waals surface area contributed by atoms with Gasteiger partial charge in [-0.3, -0.25) is 4.79 Å². The molecule has 132 valence electrons. The zero-order chi connectivity index (χ0) is 18.8. The first kappa shape index (κ1) is 19.1. The second kappa shape index (κ2) is 7.37. The summed E-state index contributed by atoms with van der Waals surface area (Å²) in [6, 6.07) is 8.45. The van der Waals surface area contributed by atoms with Crippen molar-refractivity contribution in [2.75, 3.05) is 0 Å². The first-order valence-corrected chi connectivity index (χ1v) is 8.06. The lowest BCUT2D eigenvalue weighted by Crippen LogP contribution is -2.24. The van der Waals surface area contributed by atoms with Crippen LogP contribution in [0, 0.1) is 6.92 Å². The van der Waals surface area contributed by atoms with Gasteiger partial charge in [0, 0.05) is 20.4 Å². The van der Waals surface area contributed by atoms with Crippen LogP contribution in [0.25, 0.3) is 0 Å². The number of hydrogen-bond donors (Lipinski definition) is 2. The average Bonchev–Trinajstić information content (AvgIpc) is 2.47. The molecule has 0 unspecified atom stereocenters. The van der Waals surface area contributed by atoms with Crippen LogP contribution >= 0.6 is 23.4 Å². The topological polar surface area (TPSA) is 81.5 Å². The Morgan fingerprint density at radius 1 is 1.16 bits per heavy atom. The number of benzene rings is 2. The predicted molar refractivity (Wildman–Crippen MR) is 91.9 cm³/mol. The van der Waals surface area contributed by atoms with Crippen LogP contribution in [0.1, 0.15) is 21.5 Å². The summed E-state index contributed by atoms with van der Waals surface area (Å²) >= 11 is 6.70. The van der Waals surface area contributed by atoms with Crippen molar-refractivity contribution < 1.29 is 18.0 Å². The van der Waals surface area contributed by atoms with Crippen LogP contribution in [-0.2, 0) is 6.18 Å². The summed E-state index contributed by atoms with van der Waals surface area (Å²) in [5.74, 6) is -1.44. The van der Waals surface area contributed by atoms with Gasteiger partial charge in [-0.25, -0.2) is 0 Å². The van der Waals surface area contributed by atoms with E-state index in [0.29, 0.717) is 15.5 Å². The summed E-state index contributed by atoms with van der Waals surface area (Å²) in [4.78, 5) is 15.8. The fourth-order valence-electron chi connectivity index (χ4n) is 2.02. The van der Waals surface area contributed by atoms with Crippen molar-refractivity contribution in [2.45, 2.75) is 22.9 Å². The highest BCUT2D eigenvalue weighted by atomic mass is 35.5. The molecule has 0 bridgehead atoms. The Kier molecular flexibility index (Phi) is 5.64. The van der Waals surface area contributed by atoms with E-state index in [2.05, 4.69) is 4.99 Å². The molecule has 0 aromatic heterocycles. The standard InChI is InChI=1S/C16H13ClF3N3OS/c1-8-6-13(25-10-4-2-9(17)3-5-10)12(16(18,19)20)7-11(8)14(24)23-15(21)22/h2-7H,1H3,(H4,21,22,23,24). The number of nitrogens with zero attached hydrogens (tertiary/aromatic N) is 1. The van der Waals surface area contributed by atoms with E-state index in [0.717, 1.165) is 17.8 Å². The summed E-state index contributed by atoms with van der Waals surface area (Å²) in [7, 11) is 0. The third-order valence-electron chi connectivity index (χ3n) is 3.13. The van der Waals surface area contributed by atoms with E-state index in [-0.39, 0.29) is 10.5 Å². The number of hydrogen-bond acceptors (Lipinski definition) is 2. The molecule has 2 aromatic rings. The number of amides is 1.